The molecule has 72 heavy (non-hydrogen) atoms. The molecular formula is C56H78N8O8. The molecule has 16 heteroatoms. The summed E-state index contributed by atoms with van der Waals surface area (Å²) in [5.74, 6) is -2.51. The number of aryl methyl sites for hydroxylation is 1. The van der Waals surface area contributed by atoms with E-state index in [2.05, 4.69) is 54.8 Å². The number of phenolic OH excluding ortho intramolecular Hbond substituents is 1. The van der Waals surface area contributed by atoms with Crippen molar-refractivity contribution in [3.05, 3.63) is 83.7 Å². The van der Waals surface area contributed by atoms with Crippen molar-refractivity contribution >= 4 is 52.3 Å². The summed E-state index contributed by atoms with van der Waals surface area (Å²) in [6.45, 7) is 20.5. The molecule has 3 N–H and O–H groups in total. The second-order valence-corrected chi connectivity index (χ2v) is 20.9. The van der Waals surface area contributed by atoms with Crippen LogP contribution in [0.5, 0.6) is 5.75 Å². The quantitative estimate of drug-likeness (QED) is 0.0695. The zero-order valence-electron chi connectivity index (χ0n) is 44.4. The number of rotatable bonds is 14. The molecule has 0 saturated carbocycles. The number of allylic oxidation sites excluding steroid dienone is 2. The van der Waals surface area contributed by atoms with Gasteiger partial charge >= 0.3 is 5.97 Å². The van der Waals surface area contributed by atoms with Crippen LogP contribution in [0.2, 0.25) is 0 Å². The number of amides is 4. The zero-order chi connectivity index (χ0) is 52.6. The van der Waals surface area contributed by atoms with Crippen LogP contribution in [0.4, 0.5) is 0 Å². The molecule has 2 fully saturated rings. The summed E-state index contributed by atoms with van der Waals surface area (Å²) in [6.07, 6.45) is 8.97. The number of methoxy groups -OCH3 is 1. The zero-order valence-corrected chi connectivity index (χ0v) is 44.4. The van der Waals surface area contributed by atoms with Crippen LogP contribution >= 0.6 is 0 Å². The predicted octanol–water partition coefficient (Wildman–Crippen LogP) is 6.54. The van der Waals surface area contributed by atoms with Gasteiger partial charge in [0.05, 0.1) is 24.1 Å². The molecule has 0 unspecified atom stereocenters. The average molecular weight is 991 g/mol. The van der Waals surface area contributed by atoms with Crippen LogP contribution in [0.1, 0.15) is 91.0 Å². The molecule has 16 nitrogen and oxygen atoms in total. The van der Waals surface area contributed by atoms with Crippen molar-refractivity contribution < 1.29 is 38.6 Å². The summed E-state index contributed by atoms with van der Waals surface area (Å²) < 4.78 is 14.2. The van der Waals surface area contributed by atoms with Gasteiger partial charge in [-0.1, -0.05) is 58.6 Å². The lowest BCUT2D eigenvalue weighted by Gasteiger charge is -2.38. The van der Waals surface area contributed by atoms with Crippen molar-refractivity contribution in [1.29, 1.82) is 0 Å². The normalized spacial score (nSPS) is 20.4. The van der Waals surface area contributed by atoms with Gasteiger partial charge < -0.3 is 39.2 Å². The van der Waals surface area contributed by atoms with Gasteiger partial charge in [-0.25, -0.2) is 5.43 Å². The molecule has 3 aliphatic rings. The van der Waals surface area contributed by atoms with E-state index in [-0.39, 0.29) is 49.2 Å². The molecule has 6 rings (SSSR count). The highest BCUT2D eigenvalue weighted by Gasteiger charge is 2.39. The average Bonchev–Trinajstić information content (AvgIpc) is 3.64. The van der Waals surface area contributed by atoms with Gasteiger partial charge in [0.2, 0.25) is 17.7 Å². The number of hydrogen-bond acceptors (Lipinski definition) is 11. The Hall–Kier alpha value is -6.10. The van der Waals surface area contributed by atoms with Gasteiger partial charge in [0.1, 0.15) is 23.9 Å². The molecule has 1 aromatic heterocycles. The van der Waals surface area contributed by atoms with Crippen LogP contribution in [-0.4, -0.2) is 150 Å². The minimum Gasteiger partial charge on any atom is -0.508 e. The number of piperidine rings is 1. The molecule has 390 valence electrons. The number of benzene rings is 2. The number of likely N-dealkylation sites (N-methyl/N-ethyl adjacent to an activating group) is 2. The van der Waals surface area contributed by atoms with E-state index in [4.69, 9.17) is 14.5 Å². The SMILES string of the molecule is C=C/C(=C(\N=C/C)[C@H](C)OC)c1c2c3cc(ccc3n1CC)-c1cc(O)cc(c1)C[C@H](NC(=O)[C@H](C(C)C)N(C)C(=O)C1CCN(C(=O)/C=C/CN(C)C)CC1)C(=O)N1CCC[C@H](N1)C(=O)OCC(C)(C)C2. The molecule has 4 heterocycles. The third-order valence-corrected chi connectivity index (χ3v) is 14.1. The fraction of sp³-hybridized carbons (Fsp3) is 0.536. The van der Waals surface area contributed by atoms with Crippen LogP contribution < -0.4 is 10.7 Å². The molecule has 0 radical (unpaired) electrons. The molecule has 3 aliphatic heterocycles. The Morgan fingerprint density at radius 1 is 1.04 bits per heavy atom. The number of nitrogens with zero attached hydrogens (tertiary/aromatic N) is 6. The van der Waals surface area contributed by atoms with Crippen LogP contribution in [0.3, 0.4) is 0 Å². The second-order valence-electron chi connectivity index (χ2n) is 20.9. The number of likely N-dealkylation sites (tertiary alicyclic amines) is 1. The number of fused-ring (bicyclic) bond motifs is 6. The van der Waals surface area contributed by atoms with E-state index in [1.807, 2.05) is 71.0 Å². The number of ether oxygens (including phenoxy) is 2. The Morgan fingerprint density at radius 2 is 1.76 bits per heavy atom. The highest BCUT2D eigenvalue weighted by Crippen LogP contribution is 2.41. The molecule has 2 saturated heterocycles. The maximum atomic E-state index is 14.8. The van der Waals surface area contributed by atoms with Gasteiger partial charge in [0.15, 0.2) is 0 Å². The Labute approximate surface area is 426 Å². The van der Waals surface area contributed by atoms with E-state index < -0.39 is 47.2 Å². The number of hydrazine groups is 1. The van der Waals surface area contributed by atoms with Crippen molar-refractivity contribution in [2.24, 2.45) is 22.2 Å². The van der Waals surface area contributed by atoms with Gasteiger partial charge in [0, 0.05) is 93.4 Å². The molecule has 2 aromatic carbocycles. The third kappa shape index (κ3) is 12.7. The number of aromatic nitrogens is 1. The fourth-order valence-corrected chi connectivity index (χ4v) is 10.4. The topological polar surface area (TPSA) is 178 Å². The Balaban J connectivity index is 1.39. The highest BCUT2D eigenvalue weighted by molar-refractivity contribution is 5.96. The molecule has 6 bridgehead atoms. The van der Waals surface area contributed by atoms with E-state index in [1.165, 1.54) is 9.91 Å². The van der Waals surface area contributed by atoms with Crippen LogP contribution in [0.15, 0.2) is 71.9 Å². The Morgan fingerprint density at radius 3 is 2.40 bits per heavy atom. The first kappa shape index (κ1) is 55.2. The maximum Gasteiger partial charge on any atom is 0.324 e. The number of nitrogens with one attached hydrogen (secondary N) is 2. The largest absolute Gasteiger partial charge is 0.508 e. The van der Waals surface area contributed by atoms with Crippen molar-refractivity contribution in [3.63, 3.8) is 0 Å². The summed E-state index contributed by atoms with van der Waals surface area (Å²) in [6, 6.07) is 8.48. The lowest BCUT2D eigenvalue weighted by atomic mass is 9.84. The molecule has 0 aliphatic carbocycles. The minimum atomic E-state index is -1.17. The van der Waals surface area contributed by atoms with Crippen molar-refractivity contribution in [2.45, 2.75) is 118 Å². The van der Waals surface area contributed by atoms with E-state index in [0.717, 1.165) is 39.0 Å². The summed E-state index contributed by atoms with van der Waals surface area (Å²) in [5.41, 5.74) is 9.14. The van der Waals surface area contributed by atoms with Crippen LogP contribution in [0, 0.1) is 17.3 Å². The number of cyclic esters (lactones) is 1. The summed E-state index contributed by atoms with van der Waals surface area (Å²) in [7, 11) is 7.13. The summed E-state index contributed by atoms with van der Waals surface area (Å²) >= 11 is 0. The summed E-state index contributed by atoms with van der Waals surface area (Å²) in [4.78, 5) is 80.5. The molecule has 3 aromatic rings. The van der Waals surface area contributed by atoms with Gasteiger partial charge in [-0.05, 0) is 119 Å². The molecular weight excluding hydrogens is 913 g/mol. The van der Waals surface area contributed by atoms with E-state index in [0.29, 0.717) is 69.4 Å². The van der Waals surface area contributed by atoms with Gasteiger partial charge in [0.25, 0.3) is 5.91 Å². The lowest BCUT2D eigenvalue weighted by molar-refractivity contribution is -0.155. The second kappa shape index (κ2) is 24.1. The number of carbonyl (C=O) groups is 5. The lowest BCUT2D eigenvalue weighted by Crippen LogP contribution is -2.62. The van der Waals surface area contributed by atoms with Gasteiger partial charge in [-0.15, -0.1) is 0 Å². The first-order chi connectivity index (χ1) is 34.2. The smallest absolute Gasteiger partial charge is 0.324 e. The monoisotopic (exact) mass is 991 g/mol. The molecule has 0 spiro atoms. The number of aromatic hydroxyl groups is 1. The number of esters is 1. The van der Waals surface area contributed by atoms with Crippen molar-refractivity contribution in [2.75, 3.05) is 61.0 Å². The van der Waals surface area contributed by atoms with Crippen molar-refractivity contribution in [3.8, 4) is 16.9 Å². The van der Waals surface area contributed by atoms with Crippen LogP contribution in [-0.2, 0) is 52.8 Å². The summed E-state index contributed by atoms with van der Waals surface area (Å²) in [5, 5.41) is 16.8. The van der Waals surface area contributed by atoms with Crippen LogP contribution in [0.25, 0.3) is 27.6 Å². The number of carbonyl (C=O) groups excluding carboxylic acids is 5. The van der Waals surface area contributed by atoms with E-state index in [1.54, 1.807) is 43.5 Å². The Bertz CT molecular complexity index is 2580. The fourth-order valence-electron chi connectivity index (χ4n) is 10.4. The first-order valence-corrected chi connectivity index (χ1v) is 25.5. The Kier molecular flexibility index (Phi) is 18.5. The molecule has 4 atom stereocenters. The third-order valence-electron chi connectivity index (χ3n) is 14.1. The van der Waals surface area contributed by atoms with Gasteiger partial charge in [-0.3, -0.25) is 34.0 Å². The van der Waals surface area contributed by atoms with Gasteiger partial charge in [-0.2, -0.15) is 0 Å². The maximum absolute atomic E-state index is 14.8. The standard InChI is InChI=1S/C56H78N8O8/c1-13-42(49(57-14-2)36(6)71-12)51-44-33-56(7,8)34-72-55(70)45-18-16-25-64(59-45)54(69)46(30-37-28-40(31-41(65)29-37)39-20-21-47(43(44)32-39)63(51)15-3)58-52(67)50(35(4)5)61(11)53(68)38-22-26-62(27-23-38)48(66)19-17-24-60(9)10/h13-14,17,19-21,28-29,31-32,35-36,38,45-46,50,59,65H,1,15-16,18,22-27,30,33-34H2,2-12H3,(H,58,67)/b19-17+,49-42+,57-14-/t36-,45-,46-,50-/m0/s1. The van der Waals surface area contributed by atoms with E-state index in [9.17, 15) is 29.1 Å². The van der Waals surface area contributed by atoms with E-state index >= 15 is 0 Å². The predicted molar refractivity (Wildman–Crippen MR) is 283 cm³/mol. The number of hydrogen-bond donors (Lipinski definition) is 3. The molecule has 4 amide bonds. The highest BCUT2D eigenvalue weighted by atomic mass is 16.5. The van der Waals surface area contributed by atoms with Crippen molar-refractivity contribution in [1.82, 2.24) is 35.0 Å². The number of aliphatic imine (C=N–C) groups is 1. The first-order valence-electron chi connectivity index (χ1n) is 25.5. The number of phenols is 1. The minimum absolute atomic E-state index is 0.0127.